The smallest absolute Gasteiger partial charge is 0.0294 e. The predicted octanol–water partition coefficient (Wildman–Crippen LogP) is 4.89. The van der Waals surface area contributed by atoms with E-state index in [2.05, 4.69) is 82.4 Å². The van der Waals surface area contributed by atoms with Gasteiger partial charge in [-0.05, 0) is 57.7 Å². The molecule has 2 atom stereocenters. The van der Waals surface area contributed by atoms with E-state index in [0.29, 0.717) is 12.1 Å². The van der Waals surface area contributed by atoms with Gasteiger partial charge in [0.05, 0.1) is 0 Å². The summed E-state index contributed by atoms with van der Waals surface area (Å²) in [6, 6.07) is 16.3. The number of nitrogens with one attached hydrogen (secondary N) is 1. The maximum Gasteiger partial charge on any atom is 0.0294 e. The fraction of sp³-hybridized carbons (Fsp3) is 0.400. The number of aryl methyl sites for hydroxylation is 3. The molecule has 0 bridgehead atoms. The first-order valence-corrected chi connectivity index (χ1v) is 7.84. The minimum atomic E-state index is 0.377. The van der Waals surface area contributed by atoms with Gasteiger partial charge < -0.3 is 5.32 Å². The third-order valence-corrected chi connectivity index (χ3v) is 4.07. The van der Waals surface area contributed by atoms with Gasteiger partial charge in [-0.15, -0.1) is 0 Å². The largest absolute Gasteiger partial charge is 0.307 e. The van der Waals surface area contributed by atoms with Crippen LogP contribution < -0.4 is 5.32 Å². The molecule has 0 aliphatic heterocycles. The van der Waals surface area contributed by atoms with E-state index in [9.17, 15) is 0 Å². The van der Waals surface area contributed by atoms with Crippen molar-refractivity contribution >= 4 is 0 Å². The molecule has 0 radical (unpaired) electrons. The molecule has 0 aliphatic rings. The Kier molecular flexibility index (Phi) is 5.19. The minimum Gasteiger partial charge on any atom is -0.307 e. The van der Waals surface area contributed by atoms with Gasteiger partial charge in [0.25, 0.3) is 0 Å². The molecule has 0 saturated carbocycles. The maximum absolute atomic E-state index is 3.73. The van der Waals surface area contributed by atoms with E-state index < -0.39 is 0 Å². The molecule has 0 fully saturated rings. The lowest BCUT2D eigenvalue weighted by Crippen LogP contribution is -2.31. The highest BCUT2D eigenvalue weighted by Crippen LogP contribution is 2.18. The highest BCUT2D eigenvalue weighted by molar-refractivity contribution is 5.31. The fourth-order valence-corrected chi connectivity index (χ4v) is 3.01. The van der Waals surface area contributed by atoms with Crippen molar-refractivity contribution in [2.75, 3.05) is 0 Å². The summed E-state index contributed by atoms with van der Waals surface area (Å²) < 4.78 is 0. The maximum atomic E-state index is 3.73. The van der Waals surface area contributed by atoms with Crippen LogP contribution in [0.25, 0.3) is 0 Å². The van der Waals surface area contributed by atoms with Crippen LogP contribution in [-0.4, -0.2) is 6.04 Å². The SMILES string of the molecule is Cc1cc(C)cc(C(C)NC(C)Cc2ccccc2C)c1. The molecule has 2 rings (SSSR count). The van der Waals surface area contributed by atoms with Crippen molar-refractivity contribution in [2.45, 2.75) is 53.1 Å². The van der Waals surface area contributed by atoms with Crippen molar-refractivity contribution in [3.8, 4) is 0 Å². The highest BCUT2D eigenvalue weighted by atomic mass is 14.9. The molecular formula is C20H27N. The van der Waals surface area contributed by atoms with Gasteiger partial charge in [-0.25, -0.2) is 0 Å². The molecule has 0 heterocycles. The first-order valence-electron chi connectivity index (χ1n) is 7.84. The number of rotatable bonds is 5. The molecule has 1 heteroatoms. The normalized spacial score (nSPS) is 14.0. The van der Waals surface area contributed by atoms with Gasteiger partial charge in [0.15, 0.2) is 0 Å². The Morgan fingerprint density at radius 3 is 2.14 bits per heavy atom. The minimum absolute atomic E-state index is 0.377. The lowest BCUT2D eigenvalue weighted by atomic mass is 9.99. The molecule has 0 aromatic heterocycles. The summed E-state index contributed by atoms with van der Waals surface area (Å²) in [6.45, 7) is 11.0. The monoisotopic (exact) mass is 281 g/mol. The number of hydrogen-bond donors (Lipinski definition) is 1. The zero-order valence-electron chi connectivity index (χ0n) is 13.9. The summed E-state index contributed by atoms with van der Waals surface area (Å²) in [5.74, 6) is 0. The molecule has 1 nitrogen and oxygen atoms in total. The first-order chi connectivity index (χ1) is 9.95. The Morgan fingerprint density at radius 1 is 0.905 bits per heavy atom. The molecule has 1 N–H and O–H groups in total. The second kappa shape index (κ2) is 6.91. The Bertz CT molecular complexity index is 580. The molecule has 2 aromatic carbocycles. The summed E-state index contributed by atoms with van der Waals surface area (Å²) in [6.07, 6.45) is 1.07. The van der Waals surface area contributed by atoms with E-state index in [1.807, 2.05) is 0 Å². The van der Waals surface area contributed by atoms with Gasteiger partial charge in [-0.2, -0.15) is 0 Å². The zero-order chi connectivity index (χ0) is 15.4. The number of benzene rings is 2. The van der Waals surface area contributed by atoms with Crippen molar-refractivity contribution in [3.63, 3.8) is 0 Å². The molecule has 112 valence electrons. The van der Waals surface area contributed by atoms with Crippen LogP contribution in [0.2, 0.25) is 0 Å². The Morgan fingerprint density at radius 2 is 1.52 bits per heavy atom. The van der Waals surface area contributed by atoms with E-state index in [0.717, 1.165) is 6.42 Å². The predicted molar refractivity (Wildman–Crippen MR) is 91.8 cm³/mol. The first kappa shape index (κ1) is 15.8. The second-order valence-electron chi connectivity index (χ2n) is 6.34. The summed E-state index contributed by atoms with van der Waals surface area (Å²) in [5, 5.41) is 3.73. The lowest BCUT2D eigenvalue weighted by molar-refractivity contribution is 0.476. The van der Waals surface area contributed by atoms with Gasteiger partial charge in [-0.3, -0.25) is 0 Å². The van der Waals surface area contributed by atoms with Crippen LogP contribution in [0, 0.1) is 20.8 Å². The third-order valence-electron chi connectivity index (χ3n) is 4.07. The van der Waals surface area contributed by atoms with Crippen LogP contribution in [0.3, 0.4) is 0 Å². The van der Waals surface area contributed by atoms with E-state index in [4.69, 9.17) is 0 Å². The summed E-state index contributed by atoms with van der Waals surface area (Å²) in [4.78, 5) is 0. The van der Waals surface area contributed by atoms with E-state index in [-0.39, 0.29) is 0 Å². The Labute approximate surface area is 129 Å². The van der Waals surface area contributed by atoms with Crippen molar-refractivity contribution in [1.82, 2.24) is 5.32 Å². The van der Waals surface area contributed by atoms with E-state index >= 15 is 0 Å². The summed E-state index contributed by atoms with van der Waals surface area (Å²) in [7, 11) is 0. The fourth-order valence-electron chi connectivity index (χ4n) is 3.01. The van der Waals surface area contributed by atoms with Crippen LogP contribution in [0.1, 0.15) is 47.7 Å². The second-order valence-corrected chi connectivity index (χ2v) is 6.34. The van der Waals surface area contributed by atoms with Crippen molar-refractivity contribution in [2.24, 2.45) is 0 Å². The van der Waals surface area contributed by atoms with Gasteiger partial charge in [0, 0.05) is 12.1 Å². The van der Waals surface area contributed by atoms with Crippen LogP contribution in [0.4, 0.5) is 0 Å². The average molecular weight is 281 g/mol. The molecule has 2 unspecified atom stereocenters. The summed E-state index contributed by atoms with van der Waals surface area (Å²) >= 11 is 0. The van der Waals surface area contributed by atoms with Crippen LogP contribution >= 0.6 is 0 Å². The highest BCUT2D eigenvalue weighted by Gasteiger charge is 2.11. The third kappa shape index (κ3) is 4.44. The Hall–Kier alpha value is -1.60. The van der Waals surface area contributed by atoms with Crippen molar-refractivity contribution in [1.29, 1.82) is 0 Å². The van der Waals surface area contributed by atoms with Gasteiger partial charge >= 0.3 is 0 Å². The molecule has 0 spiro atoms. The summed E-state index contributed by atoms with van der Waals surface area (Å²) in [5.41, 5.74) is 6.87. The molecule has 0 amide bonds. The number of hydrogen-bond acceptors (Lipinski definition) is 1. The lowest BCUT2D eigenvalue weighted by Gasteiger charge is -2.22. The van der Waals surface area contributed by atoms with Gasteiger partial charge in [0.2, 0.25) is 0 Å². The van der Waals surface area contributed by atoms with Crippen LogP contribution in [0.15, 0.2) is 42.5 Å². The standard InChI is InChI=1S/C20H27N/c1-14-10-15(2)12-20(11-14)18(5)21-17(4)13-19-9-7-6-8-16(19)3/h6-12,17-18,21H,13H2,1-5H3. The zero-order valence-corrected chi connectivity index (χ0v) is 13.9. The molecule has 0 aliphatic carbocycles. The molecule has 0 saturated heterocycles. The quantitative estimate of drug-likeness (QED) is 0.822. The Balaban J connectivity index is 2.02. The van der Waals surface area contributed by atoms with Gasteiger partial charge in [-0.1, -0.05) is 53.6 Å². The van der Waals surface area contributed by atoms with E-state index in [1.165, 1.54) is 27.8 Å². The average Bonchev–Trinajstić information content (AvgIpc) is 2.40. The molecular weight excluding hydrogens is 254 g/mol. The van der Waals surface area contributed by atoms with Crippen molar-refractivity contribution in [3.05, 3.63) is 70.3 Å². The molecule has 2 aromatic rings. The topological polar surface area (TPSA) is 12.0 Å². The van der Waals surface area contributed by atoms with Crippen LogP contribution in [0.5, 0.6) is 0 Å². The van der Waals surface area contributed by atoms with Crippen molar-refractivity contribution < 1.29 is 0 Å². The molecule has 21 heavy (non-hydrogen) atoms. The van der Waals surface area contributed by atoms with E-state index in [1.54, 1.807) is 0 Å². The van der Waals surface area contributed by atoms with Gasteiger partial charge in [0.1, 0.15) is 0 Å². The van der Waals surface area contributed by atoms with Crippen LogP contribution in [-0.2, 0) is 6.42 Å².